The van der Waals surface area contributed by atoms with Gasteiger partial charge in [0.15, 0.2) is 6.10 Å². The summed E-state index contributed by atoms with van der Waals surface area (Å²) in [5, 5.41) is 4.31. The molecule has 4 rings (SSSR count). The normalized spacial score (nSPS) is 23.8. The van der Waals surface area contributed by atoms with Gasteiger partial charge in [0.1, 0.15) is 0 Å². The van der Waals surface area contributed by atoms with Crippen molar-refractivity contribution in [3.63, 3.8) is 0 Å². The quantitative estimate of drug-likeness (QED) is 0.836. The van der Waals surface area contributed by atoms with Crippen molar-refractivity contribution in [2.45, 2.75) is 31.4 Å². The maximum Gasteiger partial charge on any atom is 0.158 e. The molecule has 0 unspecified atom stereocenters. The van der Waals surface area contributed by atoms with E-state index in [2.05, 4.69) is 41.6 Å². The van der Waals surface area contributed by atoms with E-state index in [4.69, 9.17) is 9.83 Å². The first-order valence-corrected chi connectivity index (χ1v) is 7.80. The van der Waals surface area contributed by atoms with Gasteiger partial charge in [0.05, 0.1) is 11.8 Å². The van der Waals surface area contributed by atoms with E-state index in [9.17, 15) is 0 Å². The molecule has 0 radical (unpaired) electrons. The molecule has 0 saturated carbocycles. The Labute approximate surface area is 130 Å². The maximum atomic E-state index is 5.62. The molecule has 0 spiro atoms. The fraction of sp³-hybridized carbons (Fsp3) is 0.263. The summed E-state index contributed by atoms with van der Waals surface area (Å²) in [7, 11) is 0. The predicted molar refractivity (Wildman–Crippen MR) is 88.3 cm³/mol. The monoisotopic (exact) mass is 290 g/mol. The number of nitrogens with zero attached hydrogens (tertiary/aromatic N) is 2. The third-order valence-electron chi connectivity index (χ3n) is 4.32. The summed E-state index contributed by atoms with van der Waals surface area (Å²) in [5.41, 5.74) is 4.69. The smallest absolute Gasteiger partial charge is 0.158 e. The van der Waals surface area contributed by atoms with Crippen LogP contribution in [0.1, 0.15) is 36.5 Å². The van der Waals surface area contributed by atoms with Gasteiger partial charge in [0.25, 0.3) is 0 Å². The number of aliphatic imine (C=N–C) groups is 1. The predicted octanol–water partition coefficient (Wildman–Crippen LogP) is 4.16. The first-order valence-electron chi connectivity index (χ1n) is 7.80. The van der Waals surface area contributed by atoms with Crippen LogP contribution in [0.15, 0.2) is 70.8 Å². The van der Waals surface area contributed by atoms with Crippen molar-refractivity contribution < 1.29 is 4.84 Å². The second-order valence-electron chi connectivity index (χ2n) is 5.79. The zero-order valence-electron chi connectivity index (χ0n) is 12.4. The van der Waals surface area contributed by atoms with Gasteiger partial charge in [-0.3, -0.25) is 4.99 Å². The summed E-state index contributed by atoms with van der Waals surface area (Å²) in [4.78, 5) is 10.5. The Kier molecular flexibility index (Phi) is 3.47. The van der Waals surface area contributed by atoms with Gasteiger partial charge >= 0.3 is 0 Å². The van der Waals surface area contributed by atoms with E-state index in [1.54, 1.807) is 0 Å². The minimum Gasteiger partial charge on any atom is -0.387 e. The molecule has 0 saturated heterocycles. The number of rotatable bonds is 3. The lowest BCUT2D eigenvalue weighted by Crippen LogP contribution is -2.14. The standard InChI is InChI=1S/C19H18N2O/c1-3-7-14(8-4-1)16-11-12-17(20-16)18-13-19(22-21-18)15-9-5-2-6-10-15/h1-10,17,19H,11-13H2/t17-,19+/m0/s1. The highest BCUT2D eigenvalue weighted by molar-refractivity contribution is 6.05. The summed E-state index contributed by atoms with van der Waals surface area (Å²) in [6, 6.07) is 20.9. The molecule has 2 atom stereocenters. The Morgan fingerprint density at radius 2 is 1.64 bits per heavy atom. The molecule has 2 aliphatic heterocycles. The Hall–Kier alpha value is -2.42. The van der Waals surface area contributed by atoms with Crippen LogP contribution in [0, 0.1) is 0 Å². The summed E-state index contributed by atoms with van der Waals surface area (Å²) in [5.74, 6) is 0. The van der Waals surface area contributed by atoms with Gasteiger partial charge in [-0.15, -0.1) is 0 Å². The van der Waals surface area contributed by atoms with Crippen LogP contribution >= 0.6 is 0 Å². The number of oxime groups is 1. The fourth-order valence-electron chi connectivity index (χ4n) is 3.12. The van der Waals surface area contributed by atoms with Gasteiger partial charge in [-0.05, 0) is 24.0 Å². The molecule has 0 aromatic heterocycles. The third kappa shape index (κ3) is 2.54. The molecule has 0 N–H and O–H groups in total. The average molecular weight is 290 g/mol. The van der Waals surface area contributed by atoms with E-state index in [-0.39, 0.29) is 12.1 Å². The molecule has 3 nitrogen and oxygen atoms in total. The van der Waals surface area contributed by atoms with Gasteiger partial charge in [-0.1, -0.05) is 65.8 Å². The molecule has 2 aromatic carbocycles. The summed E-state index contributed by atoms with van der Waals surface area (Å²) in [6.07, 6.45) is 2.95. The summed E-state index contributed by atoms with van der Waals surface area (Å²) >= 11 is 0. The van der Waals surface area contributed by atoms with E-state index in [0.717, 1.165) is 25.0 Å². The molecule has 0 bridgehead atoms. The Balaban J connectivity index is 1.47. The maximum absolute atomic E-state index is 5.62. The van der Waals surface area contributed by atoms with Crippen LogP contribution in [0.4, 0.5) is 0 Å². The molecule has 2 aromatic rings. The van der Waals surface area contributed by atoms with Gasteiger partial charge in [-0.25, -0.2) is 0 Å². The van der Waals surface area contributed by atoms with Crippen LogP contribution in [0.2, 0.25) is 0 Å². The van der Waals surface area contributed by atoms with Crippen LogP contribution in [-0.2, 0) is 4.84 Å². The molecule has 0 aliphatic carbocycles. The third-order valence-corrected chi connectivity index (χ3v) is 4.32. The van der Waals surface area contributed by atoms with Crippen LogP contribution in [0.25, 0.3) is 0 Å². The van der Waals surface area contributed by atoms with Crippen molar-refractivity contribution in [3.8, 4) is 0 Å². The Bertz CT molecular complexity index is 707. The first kappa shape index (κ1) is 13.3. The van der Waals surface area contributed by atoms with E-state index in [1.807, 2.05) is 24.3 Å². The Morgan fingerprint density at radius 1 is 0.909 bits per heavy atom. The van der Waals surface area contributed by atoms with E-state index < -0.39 is 0 Å². The molecule has 0 amide bonds. The van der Waals surface area contributed by atoms with E-state index in [1.165, 1.54) is 16.8 Å². The van der Waals surface area contributed by atoms with Crippen molar-refractivity contribution in [3.05, 3.63) is 71.8 Å². The van der Waals surface area contributed by atoms with Gasteiger partial charge < -0.3 is 4.84 Å². The molecule has 22 heavy (non-hydrogen) atoms. The van der Waals surface area contributed by atoms with E-state index in [0.29, 0.717) is 0 Å². The highest BCUT2D eigenvalue weighted by atomic mass is 16.6. The minimum absolute atomic E-state index is 0.0483. The van der Waals surface area contributed by atoms with Crippen molar-refractivity contribution in [2.24, 2.45) is 10.1 Å². The fourth-order valence-corrected chi connectivity index (χ4v) is 3.12. The lowest BCUT2D eigenvalue weighted by molar-refractivity contribution is 0.0857. The average Bonchev–Trinajstić information content (AvgIpc) is 3.26. The van der Waals surface area contributed by atoms with Crippen molar-refractivity contribution >= 4 is 11.4 Å². The van der Waals surface area contributed by atoms with Gasteiger partial charge in [0, 0.05) is 12.1 Å². The molecule has 110 valence electrons. The molecular formula is C19H18N2O. The largest absolute Gasteiger partial charge is 0.387 e. The molecule has 2 heterocycles. The molecule has 2 aliphatic rings. The molecular weight excluding hydrogens is 272 g/mol. The minimum atomic E-state index is 0.0483. The second kappa shape index (κ2) is 5.76. The molecule has 3 heteroatoms. The SMILES string of the molecule is c1ccc(C2=N[C@H](C3=NO[C@@H](c4ccccc4)C3)CC2)cc1. The highest BCUT2D eigenvalue weighted by Crippen LogP contribution is 2.31. The number of benzene rings is 2. The van der Waals surface area contributed by atoms with Crippen LogP contribution in [-0.4, -0.2) is 17.5 Å². The first-order chi connectivity index (χ1) is 10.9. The Morgan fingerprint density at radius 3 is 2.41 bits per heavy atom. The zero-order valence-corrected chi connectivity index (χ0v) is 12.4. The van der Waals surface area contributed by atoms with Crippen molar-refractivity contribution in [1.82, 2.24) is 0 Å². The highest BCUT2D eigenvalue weighted by Gasteiger charge is 2.31. The zero-order chi connectivity index (χ0) is 14.8. The second-order valence-corrected chi connectivity index (χ2v) is 5.79. The lowest BCUT2D eigenvalue weighted by Gasteiger charge is -2.08. The van der Waals surface area contributed by atoms with Crippen LogP contribution in [0.3, 0.4) is 0 Å². The van der Waals surface area contributed by atoms with E-state index >= 15 is 0 Å². The van der Waals surface area contributed by atoms with Crippen molar-refractivity contribution in [2.75, 3.05) is 0 Å². The number of hydrogen-bond donors (Lipinski definition) is 0. The summed E-state index contributed by atoms with van der Waals surface area (Å²) in [6.45, 7) is 0. The van der Waals surface area contributed by atoms with Crippen LogP contribution in [0.5, 0.6) is 0 Å². The summed E-state index contributed by atoms with van der Waals surface area (Å²) < 4.78 is 0. The van der Waals surface area contributed by atoms with Gasteiger partial charge in [-0.2, -0.15) is 0 Å². The van der Waals surface area contributed by atoms with Crippen molar-refractivity contribution in [1.29, 1.82) is 0 Å². The lowest BCUT2D eigenvalue weighted by atomic mass is 9.99. The molecule has 0 fully saturated rings. The van der Waals surface area contributed by atoms with Gasteiger partial charge in [0.2, 0.25) is 0 Å². The topological polar surface area (TPSA) is 34.0 Å². The van der Waals surface area contributed by atoms with Crippen LogP contribution < -0.4 is 0 Å². The number of hydrogen-bond acceptors (Lipinski definition) is 3.